The van der Waals surface area contributed by atoms with E-state index in [0.717, 1.165) is 17.3 Å². The number of piperidine rings is 1. The lowest BCUT2D eigenvalue weighted by atomic mass is 9.77. The van der Waals surface area contributed by atoms with Gasteiger partial charge >= 0.3 is 6.09 Å². The van der Waals surface area contributed by atoms with Crippen molar-refractivity contribution < 1.29 is 14.3 Å². The molecule has 1 unspecified atom stereocenters. The fraction of sp³-hybridized carbons (Fsp3) is 0.636. The van der Waals surface area contributed by atoms with Crippen LogP contribution >= 0.6 is 15.9 Å². The van der Waals surface area contributed by atoms with Gasteiger partial charge in [0, 0.05) is 23.5 Å². The first kappa shape index (κ1) is 21.2. The minimum atomic E-state index is -0.494. The Morgan fingerprint density at radius 1 is 1.11 bits per heavy atom. The Labute approximate surface area is 176 Å². The zero-order valence-electron chi connectivity index (χ0n) is 17.0. The van der Waals surface area contributed by atoms with Crippen molar-refractivity contribution in [3.05, 3.63) is 34.3 Å². The highest BCUT2D eigenvalue weighted by Crippen LogP contribution is 2.38. The second-order valence-electron chi connectivity index (χ2n) is 8.97. The number of nitrogens with one attached hydrogen (secondary N) is 1. The highest BCUT2D eigenvalue weighted by atomic mass is 79.9. The zero-order chi connectivity index (χ0) is 20.3. The average molecular weight is 451 g/mol. The van der Waals surface area contributed by atoms with E-state index < -0.39 is 5.60 Å². The van der Waals surface area contributed by atoms with Gasteiger partial charge in [-0.25, -0.2) is 4.79 Å². The fourth-order valence-corrected chi connectivity index (χ4v) is 4.10. The van der Waals surface area contributed by atoms with Gasteiger partial charge in [-0.3, -0.25) is 4.79 Å². The summed E-state index contributed by atoms with van der Waals surface area (Å²) in [5.74, 6) is 0.590. The van der Waals surface area contributed by atoms with Crippen LogP contribution in [0.3, 0.4) is 0 Å². The predicted molar refractivity (Wildman–Crippen MR) is 113 cm³/mol. The van der Waals surface area contributed by atoms with Crippen molar-refractivity contribution in [3.63, 3.8) is 0 Å². The molecular weight excluding hydrogens is 420 g/mol. The Hall–Kier alpha value is -1.56. The van der Waals surface area contributed by atoms with Crippen LogP contribution in [0.15, 0.2) is 28.7 Å². The van der Waals surface area contributed by atoms with E-state index in [1.54, 1.807) is 4.90 Å². The Bertz CT molecular complexity index is 687. The number of nitrogens with zero attached hydrogens (tertiary/aromatic N) is 1. The summed E-state index contributed by atoms with van der Waals surface area (Å²) in [6.45, 7) is 6.74. The fourth-order valence-electron chi connectivity index (χ4n) is 3.84. The number of hydrogen-bond donors (Lipinski definition) is 1. The van der Waals surface area contributed by atoms with Crippen LogP contribution in [0.1, 0.15) is 64.5 Å². The molecule has 1 saturated heterocycles. The van der Waals surface area contributed by atoms with Gasteiger partial charge in [-0.05, 0) is 70.1 Å². The van der Waals surface area contributed by atoms with Crippen molar-refractivity contribution >= 4 is 27.9 Å². The average Bonchev–Trinajstić information content (AvgIpc) is 2.59. The third kappa shape index (κ3) is 5.49. The molecule has 1 aromatic carbocycles. The molecule has 6 heteroatoms. The van der Waals surface area contributed by atoms with Crippen molar-refractivity contribution in [2.75, 3.05) is 13.1 Å². The molecule has 2 aliphatic rings. The topological polar surface area (TPSA) is 58.6 Å². The number of amides is 2. The Morgan fingerprint density at radius 2 is 1.71 bits per heavy atom. The van der Waals surface area contributed by atoms with Gasteiger partial charge in [-0.1, -0.05) is 34.5 Å². The quantitative estimate of drug-likeness (QED) is 0.697. The number of halogens is 1. The number of benzene rings is 1. The van der Waals surface area contributed by atoms with E-state index in [1.807, 2.05) is 32.9 Å². The van der Waals surface area contributed by atoms with E-state index in [9.17, 15) is 9.59 Å². The number of carbonyl (C=O) groups excluding carboxylic acids is 2. The molecule has 2 amide bonds. The van der Waals surface area contributed by atoms with E-state index in [0.29, 0.717) is 31.8 Å². The SMILES string of the molecule is CC(C)(C)OC(=O)N1CCC(C(=O)NC(c2ccc(Br)cc2)C2CCC2)CC1. The lowest BCUT2D eigenvalue weighted by Crippen LogP contribution is -2.46. The van der Waals surface area contributed by atoms with Gasteiger partial charge in [0.15, 0.2) is 0 Å². The molecule has 1 aromatic rings. The summed E-state index contributed by atoms with van der Waals surface area (Å²) in [7, 11) is 0. The summed E-state index contributed by atoms with van der Waals surface area (Å²) in [4.78, 5) is 26.9. The zero-order valence-corrected chi connectivity index (χ0v) is 18.6. The van der Waals surface area contributed by atoms with Crippen LogP contribution in [-0.2, 0) is 9.53 Å². The van der Waals surface area contributed by atoms with Crippen LogP contribution < -0.4 is 5.32 Å². The van der Waals surface area contributed by atoms with Gasteiger partial charge in [0.05, 0.1) is 6.04 Å². The Morgan fingerprint density at radius 3 is 2.21 bits per heavy atom. The first-order valence-electron chi connectivity index (χ1n) is 10.3. The Balaban J connectivity index is 1.56. The minimum absolute atomic E-state index is 0.0447. The van der Waals surface area contributed by atoms with E-state index in [4.69, 9.17) is 4.74 Å². The van der Waals surface area contributed by atoms with E-state index in [2.05, 4.69) is 33.4 Å². The van der Waals surface area contributed by atoms with E-state index in [-0.39, 0.29) is 24.0 Å². The molecule has 0 radical (unpaired) electrons. The molecule has 0 aromatic heterocycles. The second-order valence-corrected chi connectivity index (χ2v) is 9.89. The van der Waals surface area contributed by atoms with Gasteiger partial charge in [-0.2, -0.15) is 0 Å². The van der Waals surface area contributed by atoms with Gasteiger partial charge in [0.1, 0.15) is 5.60 Å². The molecule has 5 nitrogen and oxygen atoms in total. The van der Waals surface area contributed by atoms with Crippen LogP contribution in [0.5, 0.6) is 0 Å². The Kier molecular flexibility index (Phi) is 6.69. The molecule has 154 valence electrons. The maximum atomic E-state index is 12.9. The van der Waals surface area contributed by atoms with Crippen molar-refractivity contribution in [1.29, 1.82) is 0 Å². The van der Waals surface area contributed by atoms with Gasteiger partial charge in [-0.15, -0.1) is 0 Å². The number of likely N-dealkylation sites (tertiary alicyclic amines) is 1. The lowest BCUT2D eigenvalue weighted by Gasteiger charge is -2.37. The van der Waals surface area contributed by atoms with Gasteiger partial charge < -0.3 is 15.0 Å². The molecule has 28 heavy (non-hydrogen) atoms. The molecule has 0 bridgehead atoms. The van der Waals surface area contributed by atoms with Crippen molar-refractivity contribution in [2.24, 2.45) is 11.8 Å². The highest BCUT2D eigenvalue weighted by Gasteiger charge is 2.34. The third-order valence-electron chi connectivity index (χ3n) is 5.67. The summed E-state index contributed by atoms with van der Waals surface area (Å²) in [5, 5.41) is 3.32. The molecule has 1 aliphatic carbocycles. The van der Waals surface area contributed by atoms with Crippen molar-refractivity contribution in [2.45, 2.75) is 64.5 Å². The van der Waals surface area contributed by atoms with Crippen LogP contribution in [0, 0.1) is 11.8 Å². The molecule has 1 atom stereocenters. The third-order valence-corrected chi connectivity index (χ3v) is 6.19. The smallest absolute Gasteiger partial charge is 0.410 e. The second kappa shape index (κ2) is 8.85. The van der Waals surface area contributed by atoms with E-state index in [1.165, 1.54) is 12.0 Å². The summed E-state index contributed by atoms with van der Waals surface area (Å²) in [6, 6.07) is 8.34. The molecule has 3 rings (SSSR count). The largest absolute Gasteiger partial charge is 0.444 e. The minimum Gasteiger partial charge on any atom is -0.444 e. The van der Waals surface area contributed by atoms with Crippen LogP contribution in [0.25, 0.3) is 0 Å². The maximum Gasteiger partial charge on any atom is 0.410 e. The highest BCUT2D eigenvalue weighted by molar-refractivity contribution is 9.10. The van der Waals surface area contributed by atoms with Gasteiger partial charge in [0.25, 0.3) is 0 Å². The maximum absolute atomic E-state index is 12.9. The summed E-state index contributed by atoms with van der Waals surface area (Å²) < 4.78 is 6.49. The first-order valence-corrected chi connectivity index (χ1v) is 11.1. The number of carbonyl (C=O) groups is 2. The van der Waals surface area contributed by atoms with Crippen molar-refractivity contribution in [1.82, 2.24) is 10.2 Å². The summed E-state index contributed by atoms with van der Waals surface area (Å²) in [5.41, 5.74) is 0.679. The molecular formula is C22H31BrN2O3. The van der Waals surface area contributed by atoms with Crippen LogP contribution in [0.2, 0.25) is 0 Å². The monoisotopic (exact) mass is 450 g/mol. The standard InChI is InChI=1S/C22H31BrN2O3/c1-22(2,3)28-21(27)25-13-11-17(12-14-25)20(26)24-19(15-5-4-6-15)16-7-9-18(23)10-8-16/h7-10,15,17,19H,4-6,11-14H2,1-3H3,(H,24,26). The predicted octanol–water partition coefficient (Wildman–Crippen LogP) is 5.05. The van der Waals surface area contributed by atoms with Crippen LogP contribution in [0.4, 0.5) is 4.79 Å². The number of ether oxygens (including phenoxy) is 1. The molecule has 2 fully saturated rings. The molecule has 0 spiro atoms. The van der Waals surface area contributed by atoms with E-state index >= 15 is 0 Å². The van der Waals surface area contributed by atoms with Gasteiger partial charge in [0.2, 0.25) is 5.91 Å². The van der Waals surface area contributed by atoms with Crippen molar-refractivity contribution in [3.8, 4) is 0 Å². The molecule has 1 saturated carbocycles. The molecule has 1 N–H and O–H groups in total. The molecule has 1 heterocycles. The lowest BCUT2D eigenvalue weighted by molar-refractivity contribution is -0.128. The number of rotatable bonds is 4. The summed E-state index contributed by atoms with van der Waals surface area (Å²) in [6.07, 6.45) is 4.65. The number of hydrogen-bond acceptors (Lipinski definition) is 3. The molecule has 1 aliphatic heterocycles. The van der Waals surface area contributed by atoms with Crippen LogP contribution in [-0.4, -0.2) is 35.6 Å². The normalized spacial score (nSPS) is 19.6. The first-order chi connectivity index (χ1) is 13.2. The summed E-state index contributed by atoms with van der Waals surface area (Å²) >= 11 is 3.48.